The fourth-order valence-corrected chi connectivity index (χ4v) is 7.34. The van der Waals surface area contributed by atoms with Crippen LogP contribution in [0.1, 0.15) is 16.7 Å². The lowest BCUT2D eigenvalue weighted by Crippen LogP contribution is -1.85. The van der Waals surface area contributed by atoms with E-state index < -0.39 is 0 Å². The first-order valence-electron chi connectivity index (χ1n) is 13.2. The summed E-state index contributed by atoms with van der Waals surface area (Å²) in [5.74, 6) is 0. The van der Waals surface area contributed by atoms with Crippen molar-refractivity contribution in [1.82, 2.24) is 0 Å². The fourth-order valence-electron chi connectivity index (χ4n) is 7.34. The van der Waals surface area contributed by atoms with Gasteiger partial charge in [-0.2, -0.15) is 5.26 Å². The van der Waals surface area contributed by atoms with Crippen molar-refractivity contribution in [2.75, 3.05) is 0 Å². The van der Waals surface area contributed by atoms with Gasteiger partial charge in [0.1, 0.15) is 6.07 Å². The second kappa shape index (κ2) is 6.68. The van der Waals surface area contributed by atoms with E-state index in [0.29, 0.717) is 0 Å². The molecule has 38 heavy (non-hydrogen) atoms. The molecule has 0 fully saturated rings. The van der Waals surface area contributed by atoms with Crippen molar-refractivity contribution in [2.24, 2.45) is 0 Å². The fraction of sp³-hybridized carbons (Fsp3) is 0.0541. The summed E-state index contributed by atoms with van der Waals surface area (Å²) in [6.07, 6.45) is 0. The Morgan fingerprint density at radius 1 is 0.421 bits per heavy atom. The Morgan fingerprint density at radius 2 is 0.947 bits per heavy atom. The maximum absolute atomic E-state index is 10.6. The van der Waals surface area contributed by atoms with E-state index in [4.69, 9.17) is 0 Å². The maximum Gasteiger partial charge on any atom is 0.100 e. The molecular formula is C37H21N. The Hall–Kier alpha value is -4.93. The van der Waals surface area contributed by atoms with Crippen LogP contribution in [0.2, 0.25) is 0 Å². The molecule has 174 valence electrons. The minimum Gasteiger partial charge on any atom is -0.192 e. The molecule has 0 amide bonds. The van der Waals surface area contributed by atoms with Crippen molar-refractivity contribution in [1.29, 1.82) is 5.26 Å². The zero-order valence-electron chi connectivity index (χ0n) is 21.1. The summed E-state index contributed by atoms with van der Waals surface area (Å²) in [4.78, 5) is 0. The Bertz CT molecular complexity index is 2520. The summed E-state index contributed by atoms with van der Waals surface area (Å²) < 4.78 is 0. The maximum atomic E-state index is 10.6. The standard InChI is InChI=1S/C37H21N/c1-19-10-23-11-20(2)13-33-35(23)30(12-19)32-17-22-14-28-21(15-29(22)34(18-38)37(32)33)16-31-25-7-4-3-6-24(25)26-8-5-9-27(28)36(26)31/h3-17H,1-2H3. The van der Waals surface area contributed by atoms with Gasteiger partial charge in [0.25, 0.3) is 0 Å². The van der Waals surface area contributed by atoms with Crippen molar-refractivity contribution >= 4 is 86.2 Å². The number of nitrogens with zero attached hydrogens (tertiary/aromatic N) is 1. The molecule has 0 aromatic heterocycles. The van der Waals surface area contributed by atoms with Crippen molar-refractivity contribution in [2.45, 2.75) is 13.8 Å². The molecule has 0 N–H and O–H groups in total. The van der Waals surface area contributed by atoms with E-state index in [0.717, 1.165) is 21.7 Å². The minimum atomic E-state index is 0.783. The molecule has 0 spiro atoms. The third-order valence-electron chi connectivity index (χ3n) is 8.75. The van der Waals surface area contributed by atoms with E-state index in [1.165, 1.54) is 81.1 Å². The molecule has 0 aliphatic rings. The first-order valence-corrected chi connectivity index (χ1v) is 13.2. The van der Waals surface area contributed by atoms with E-state index in [-0.39, 0.29) is 0 Å². The van der Waals surface area contributed by atoms with Gasteiger partial charge in [-0.1, -0.05) is 66.7 Å². The monoisotopic (exact) mass is 479 g/mol. The molecule has 1 nitrogen and oxygen atoms in total. The quantitative estimate of drug-likeness (QED) is 0.157. The highest BCUT2D eigenvalue weighted by atomic mass is 14.3. The van der Waals surface area contributed by atoms with E-state index >= 15 is 0 Å². The lowest BCUT2D eigenvalue weighted by Gasteiger charge is -2.10. The largest absolute Gasteiger partial charge is 0.192 e. The molecule has 0 radical (unpaired) electrons. The molecule has 1 heteroatoms. The highest BCUT2D eigenvalue weighted by Gasteiger charge is 2.20. The van der Waals surface area contributed by atoms with Gasteiger partial charge in [-0.3, -0.25) is 0 Å². The van der Waals surface area contributed by atoms with Crippen molar-refractivity contribution in [3.63, 3.8) is 0 Å². The van der Waals surface area contributed by atoms with Crippen LogP contribution in [-0.2, 0) is 0 Å². The first kappa shape index (κ1) is 20.2. The number of aryl methyl sites for hydroxylation is 2. The number of rotatable bonds is 0. The van der Waals surface area contributed by atoms with E-state index in [9.17, 15) is 5.26 Å². The van der Waals surface area contributed by atoms with Gasteiger partial charge in [-0.25, -0.2) is 0 Å². The average Bonchev–Trinajstić information content (AvgIpc) is 3.40. The van der Waals surface area contributed by atoms with Gasteiger partial charge in [0, 0.05) is 10.8 Å². The third-order valence-corrected chi connectivity index (χ3v) is 8.75. The van der Waals surface area contributed by atoms with Crippen molar-refractivity contribution in [3.8, 4) is 6.07 Å². The molecule has 0 atom stereocenters. The normalized spacial score (nSPS) is 12.4. The van der Waals surface area contributed by atoms with Crippen LogP contribution in [0.4, 0.5) is 0 Å². The van der Waals surface area contributed by atoms with Crippen molar-refractivity contribution < 1.29 is 0 Å². The summed E-state index contributed by atoms with van der Waals surface area (Å²) >= 11 is 0. The molecule has 9 aromatic carbocycles. The van der Waals surface area contributed by atoms with Gasteiger partial charge in [0.2, 0.25) is 0 Å². The lowest BCUT2D eigenvalue weighted by atomic mass is 9.92. The summed E-state index contributed by atoms with van der Waals surface area (Å²) in [5, 5.41) is 30.3. The zero-order chi connectivity index (χ0) is 25.3. The summed E-state index contributed by atoms with van der Waals surface area (Å²) in [6.45, 7) is 4.31. The number of hydrogen-bond acceptors (Lipinski definition) is 1. The molecule has 0 saturated carbocycles. The third kappa shape index (κ3) is 2.32. The second-order valence-electron chi connectivity index (χ2n) is 11.0. The molecule has 9 aromatic rings. The van der Waals surface area contributed by atoms with E-state index in [2.05, 4.69) is 111 Å². The lowest BCUT2D eigenvalue weighted by molar-refractivity contribution is 1.50. The van der Waals surface area contributed by atoms with Gasteiger partial charge in [-0.15, -0.1) is 0 Å². The molecule has 0 saturated heterocycles. The SMILES string of the molecule is Cc1cc2cc(C)cc3c4c(C#N)c5cc6cc7c8ccccc8c8cccc(c6cc5cc4c(c1)c23)c87. The van der Waals surface area contributed by atoms with Crippen LogP contribution in [0.3, 0.4) is 0 Å². The van der Waals surface area contributed by atoms with Crippen LogP contribution >= 0.6 is 0 Å². The van der Waals surface area contributed by atoms with Gasteiger partial charge >= 0.3 is 0 Å². The highest BCUT2D eigenvalue weighted by molar-refractivity contribution is 6.37. The molecule has 0 bridgehead atoms. The average molecular weight is 480 g/mol. The van der Waals surface area contributed by atoms with Gasteiger partial charge in [-0.05, 0) is 125 Å². The van der Waals surface area contributed by atoms with Crippen molar-refractivity contribution in [3.05, 3.63) is 108 Å². The molecule has 9 rings (SSSR count). The van der Waals surface area contributed by atoms with Crippen LogP contribution in [0.25, 0.3) is 86.2 Å². The van der Waals surface area contributed by atoms with E-state index in [1.54, 1.807) is 0 Å². The first-order chi connectivity index (χ1) is 18.6. The number of nitriles is 1. The second-order valence-corrected chi connectivity index (χ2v) is 11.0. The minimum absolute atomic E-state index is 0.783. The molecule has 0 heterocycles. The summed E-state index contributed by atoms with van der Waals surface area (Å²) in [7, 11) is 0. The Labute approximate surface area is 218 Å². The Balaban J connectivity index is 1.54. The van der Waals surface area contributed by atoms with Crippen LogP contribution in [0.5, 0.6) is 0 Å². The topological polar surface area (TPSA) is 23.8 Å². The zero-order valence-corrected chi connectivity index (χ0v) is 21.1. The predicted octanol–water partition coefficient (Wildman–Crippen LogP) is 10.3. The van der Waals surface area contributed by atoms with E-state index in [1.807, 2.05) is 0 Å². The number of fused-ring (bicyclic) bond motifs is 9. The molecule has 0 aliphatic carbocycles. The van der Waals surface area contributed by atoms with Crippen LogP contribution in [0, 0.1) is 25.2 Å². The van der Waals surface area contributed by atoms with Gasteiger partial charge in [0.05, 0.1) is 5.56 Å². The highest BCUT2D eigenvalue weighted by Crippen LogP contribution is 2.46. The van der Waals surface area contributed by atoms with Gasteiger partial charge in [0.15, 0.2) is 0 Å². The Morgan fingerprint density at radius 3 is 1.68 bits per heavy atom. The van der Waals surface area contributed by atoms with Crippen LogP contribution in [-0.4, -0.2) is 0 Å². The summed E-state index contributed by atoms with van der Waals surface area (Å²) in [5.41, 5.74) is 3.26. The Kier molecular flexibility index (Phi) is 3.55. The molecule has 0 aliphatic heterocycles. The number of benzene rings is 7. The molecular weight excluding hydrogens is 458 g/mol. The smallest absolute Gasteiger partial charge is 0.100 e. The molecule has 0 unspecified atom stereocenters. The number of hydrogen-bond donors (Lipinski definition) is 0. The summed E-state index contributed by atoms with van der Waals surface area (Å²) in [6, 6.07) is 36.3. The van der Waals surface area contributed by atoms with Crippen LogP contribution in [0.15, 0.2) is 91.0 Å². The van der Waals surface area contributed by atoms with Gasteiger partial charge < -0.3 is 0 Å². The van der Waals surface area contributed by atoms with Crippen LogP contribution < -0.4 is 0 Å². The predicted molar refractivity (Wildman–Crippen MR) is 163 cm³/mol.